The first kappa shape index (κ1) is 20.4. The number of carbonyl (C=O) groups is 3. The maximum atomic E-state index is 12.5. The molecule has 0 radical (unpaired) electrons. The maximum Gasteiger partial charge on any atom is 0.339 e. The predicted molar refractivity (Wildman–Crippen MR) is 92.7 cm³/mol. The molecule has 6 heteroatoms. The van der Waals surface area contributed by atoms with Crippen LogP contribution in [0.1, 0.15) is 56.1 Å². The van der Waals surface area contributed by atoms with Crippen molar-refractivity contribution in [2.75, 3.05) is 6.61 Å². The lowest BCUT2D eigenvalue weighted by Gasteiger charge is -2.20. The van der Waals surface area contributed by atoms with Crippen molar-refractivity contribution in [2.45, 2.75) is 46.8 Å². The Labute approximate surface area is 147 Å². The molecule has 0 fully saturated rings. The summed E-state index contributed by atoms with van der Waals surface area (Å²) in [4.78, 5) is 34.9. The van der Waals surface area contributed by atoms with E-state index in [1.807, 2.05) is 0 Å². The van der Waals surface area contributed by atoms with Gasteiger partial charge in [-0.2, -0.15) is 0 Å². The molecule has 0 atom stereocenters. The lowest BCUT2D eigenvalue weighted by molar-refractivity contribution is -0.142. The average Bonchev–Trinajstić information content (AvgIpc) is 2.49. The Bertz CT molecular complexity index is 667. The number of hydrogen-bond acceptors (Lipinski definition) is 6. The van der Waals surface area contributed by atoms with E-state index in [-0.39, 0.29) is 18.8 Å². The van der Waals surface area contributed by atoms with Gasteiger partial charge in [0.05, 0.1) is 12.2 Å². The van der Waals surface area contributed by atoms with E-state index in [0.717, 1.165) is 0 Å². The van der Waals surface area contributed by atoms with Gasteiger partial charge in [0, 0.05) is 13.0 Å². The molecule has 0 unspecified atom stereocenters. The van der Waals surface area contributed by atoms with Crippen LogP contribution < -0.4 is 0 Å². The molecule has 25 heavy (non-hydrogen) atoms. The number of esters is 3. The van der Waals surface area contributed by atoms with Crippen LogP contribution in [0.2, 0.25) is 0 Å². The Morgan fingerprint density at radius 3 is 2.36 bits per heavy atom. The summed E-state index contributed by atoms with van der Waals surface area (Å²) in [5.41, 5.74) is 0.767. The van der Waals surface area contributed by atoms with Gasteiger partial charge in [0.2, 0.25) is 0 Å². The molecule has 0 spiro atoms. The minimum atomic E-state index is -0.662. The van der Waals surface area contributed by atoms with E-state index in [2.05, 4.69) is 0 Å². The van der Waals surface area contributed by atoms with E-state index in [0.29, 0.717) is 11.1 Å². The SMILES string of the molecule is CCOC(=O)/C=C/c1ccc(COC(C)=O)cc1C(=O)OC(C)(C)C. The van der Waals surface area contributed by atoms with Crippen molar-refractivity contribution in [2.24, 2.45) is 0 Å². The molecule has 0 aromatic heterocycles. The summed E-state index contributed by atoms with van der Waals surface area (Å²) in [5, 5.41) is 0. The summed E-state index contributed by atoms with van der Waals surface area (Å²) in [6.45, 7) is 8.63. The number of benzene rings is 1. The Kier molecular flexibility index (Phi) is 7.36. The van der Waals surface area contributed by atoms with Crippen LogP contribution in [0.3, 0.4) is 0 Å². The third kappa shape index (κ3) is 7.65. The van der Waals surface area contributed by atoms with Crippen LogP contribution in [0, 0.1) is 0 Å². The molecule has 0 saturated heterocycles. The fraction of sp³-hybridized carbons (Fsp3) is 0.421. The quantitative estimate of drug-likeness (QED) is 0.446. The molecule has 1 aromatic carbocycles. The van der Waals surface area contributed by atoms with E-state index in [1.54, 1.807) is 45.9 Å². The van der Waals surface area contributed by atoms with Gasteiger partial charge in [-0.1, -0.05) is 12.1 Å². The van der Waals surface area contributed by atoms with Gasteiger partial charge in [-0.05, 0) is 51.0 Å². The number of carbonyl (C=O) groups excluding carboxylic acids is 3. The van der Waals surface area contributed by atoms with Gasteiger partial charge in [0.15, 0.2) is 0 Å². The van der Waals surface area contributed by atoms with Gasteiger partial charge in [0.1, 0.15) is 12.2 Å². The van der Waals surface area contributed by atoms with Gasteiger partial charge in [-0.25, -0.2) is 9.59 Å². The molecular weight excluding hydrogens is 324 g/mol. The fourth-order valence-corrected chi connectivity index (χ4v) is 1.88. The smallest absolute Gasteiger partial charge is 0.339 e. The van der Waals surface area contributed by atoms with E-state index in [1.165, 1.54) is 19.1 Å². The van der Waals surface area contributed by atoms with Crippen molar-refractivity contribution in [1.29, 1.82) is 0 Å². The normalized spacial score (nSPS) is 11.2. The highest BCUT2D eigenvalue weighted by molar-refractivity contribution is 5.96. The largest absolute Gasteiger partial charge is 0.463 e. The zero-order chi connectivity index (χ0) is 19.0. The van der Waals surface area contributed by atoms with Crippen molar-refractivity contribution in [1.82, 2.24) is 0 Å². The van der Waals surface area contributed by atoms with Crippen LogP contribution in [0.4, 0.5) is 0 Å². The zero-order valence-corrected chi connectivity index (χ0v) is 15.3. The summed E-state index contributed by atoms with van der Waals surface area (Å²) in [6, 6.07) is 4.96. The Morgan fingerprint density at radius 2 is 1.80 bits per heavy atom. The van der Waals surface area contributed by atoms with Gasteiger partial charge in [-0.15, -0.1) is 0 Å². The number of ether oxygens (including phenoxy) is 3. The van der Waals surface area contributed by atoms with Crippen molar-refractivity contribution >= 4 is 24.0 Å². The fourth-order valence-electron chi connectivity index (χ4n) is 1.88. The topological polar surface area (TPSA) is 78.9 Å². The van der Waals surface area contributed by atoms with Gasteiger partial charge in [0.25, 0.3) is 0 Å². The monoisotopic (exact) mass is 348 g/mol. The summed E-state index contributed by atoms with van der Waals surface area (Å²) in [7, 11) is 0. The van der Waals surface area contributed by atoms with Gasteiger partial charge >= 0.3 is 17.9 Å². The summed E-state index contributed by atoms with van der Waals surface area (Å²) < 4.78 is 15.2. The summed E-state index contributed by atoms with van der Waals surface area (Å²) in [5.74, 6) is -1.44. The second-order valence-corrected chi connectivity index (χ2v) is 6.29. The highest BCUT2D eigenvalue weighted by Gasteiger charge is 2.20. The third-order valence-corrected chi connectivity index (χ3v) is 2.86. The standard InChI is InChI=1S/C19H24O6/c1-6-23-17(21)10-9-15-8-7-14(12-24-13(2)20)11-16(15)18(22)25-19(3,4)5/h7-11H,6,12H2,1-5H3/b10-9+. The molecule has 0 N–H and O–H groups in total. The molecule has 0 saturated carbocycles. The lowest BCUT2D eigenvalue weighted by atomic mass is 10.0. The summed E-state index contributed by atoms with van der Waals surface area (Å²) in [6.07, 6.45) is 2.74. The number of hydrogen-bond donors (Lipinski definition) is 0. The Morgan fingerprint density at radius 1 is 1.12 bits per heavy atom. The Hall–Kier alpha value is -2.63. The molecule has 1 aromatic rings. The number of rotatable bonds is 6. The average molecular weight is 348 g/mol. The van der Waals surface area contributed by atoms with Crippen molar-refractivity contribution in [3.05, 3.63) is 41.0 Å². The molecular formula is C19H24O6. The first-order valence-corrected chi connectivity index (χ1v) is 7.97. The van der Waals surface area contributed by atoms with Crippen LogP contribution >= 0.6 is 0 Å². The minimum absolute atomic E-state index is 0.0486. The molecule has 0 aliphatic rings. The van der Waals surface area contributed by atoms with Crippen molar-refractivity contribution in [3.8, 4) is 0 Å². The lowest BCUT2D eigenvalue weighted by Crippen LogP contribution is -2.24. The molecule has 6 nitrogen and oxygen atoms in total. The van der Waals surface area contributed by atoms with Crippen LogP contribution in [-0.2, 0) is 30.4 Å². The molecule has 136 valence electrons. The van der Waals surface area contributed by atoms with Crippen molar-refractivity contribution in [3.63, 3.8) is 0 Å². The van der Waals surface area contributed by atoms with Gasteiger partial charge < -0.3 is 14.2 Å². The summed E-state index contributed by atoms with van der Waals surface area (Å²) >= 11 is 0. The Balaban J connectivity index is 3.14. The molecule has 0 heterocycles. The molecule has 1 rings (SSSR count). The second-order valence-electron chi connectivity index (χ2n) is 6.29. The maximum absolute atomic E-state index is 12.5. The molecule has 0 amide bonds. The molecule has 0 aliphatic carbocycles. The first-order chi connectivity index (χ1) is 11.6. The first-order valence-electron chi connectivity index (χ1n) is 7.97. The van der Waals surface area contributed by atoms with Crippen LogP contribution in [0.15, 0.2) is 24.3 Å². The van der Waals surface area contributed by atoms with E-state index in [9.17, 15) is 14.4 Å². The van der Waals surface area contributed by atoms with Crippen molar-refractivity contribution < 1.29 is 28.6 Å². The van der Waals surface area contributed by atoms with Crippen LogP contribution in [0.25, 0.3) is 6.08 Å². The molecule has 0 aliphatic heterocycles. The highest BCUT2D eigenvalue weighted by Crippen LogP contribution is 2.19. The zero-order valence-electron chi connectivity index (χ0n) is 15.3. The van der Waals surface area contributed by atoms with Crippen LogP contribution in [0.5, 0.6) is 0 Å². The minimum Gasteiger partial charge on any atom is -0.463 e. The second kappa shape index (κ2) is 9.01. The van der Waals surface area contributed by atoms with E-state index >= 15 is 0 Å². The van der Waals surface area contributed by atoms with E-state index in [4.69, 9.17) is 14.2 Å². The van der Waals surface area contributed by atoms with Gasteiger partial charge in [-0.3, -0.25) is 4.79 Å². The van der Waals surface area contributed by atoms with Crippen LogP contribution in [-0.4, -0.2) is 30.1 Å². The van der Waals surface area contributed by atoms with E-state index < -0.39 is 23.5 Å². The highest BCUT2D eigenvalue weighted by atomic mass is 16.6. The molecule has 0 bridgehead atoms. The predicted octanol–water partition coefficient (Wildman–Crippen LogP) is 3.28. The third-order valence-electron chi connectivity index (χ3n) is 2.86.